The van der Waals surface area contributed by atoms with Crippen molar-refractivity contribution in [2.24, 2.45) is 0 Å². The molecule has 0 aliphatic heterocycles. The molecule has 1 fully saturated rings. The van der Waals surface area contributed by atoms with Crippen molar-refractivity contribution in [3.63, 3.8) is 0 Å². The molecule has 1 N–H and O–H groups in total. The van der Waals surface area contributed by atoms with Crippen LogP contribution in [-0.2, 0) is 11.2 Å². The standard InChI is InChI=1S/C20H16Cl2N2O2/c21-16-7-4-12(10-17(16)22)11-19(25)23-18-3-1-2-15-14(18)8-9-24(20(15)26)13-5-6-13/h1-4,7-10,13H,5-6,11H2,(H,23,25). The third-order valence-electron chi connectivity index (χ3n) is 4.54. The maximum atomic E-state index is 12.6. The molecule has 132 valence electrons. The van der Waals surface area contributed by atoms with Gasteiger partial charge in [-0.3, -0.25) is 9.59 Å². The smallest absolute Gasteiger partial charge is 0.258 e. The van der Waals surface area contributed by atoms with Gasteiger partial charge in [0.25, 0.3) is 5.56 Å². The quantitative estimate of drug-likeness (QED) is 0.698. The van der Waals surface area contributed by atoms with E-state index in [4.69, 9.17) is 23.2 Å². The third kappa shape index (κ3) is 3.35. The van der Waals surface area contributed by atoms with Gasteiger partial charge in [0, 0.05) is 28.7 Å². The zero-order valence-corrected chi connectivity index (χ0v) is 15.3. The summed E-state index contributed by atoms with van der Waals surface area (Å²) < 4.78 is 1.78. The molecule has 0 spiro atoms. The molecule has 0 unspecified atom stereocenters. The number of anilines is 1. The highest BCUT2D eigenvalue weighted by molar-refractivity contribution is 6.42. The second kappa shape index (κ2) is 6.78. The van der Waals surface area contributed by atoms with Gasteiger partial charge in [-0.05, 0) is 48.7 Å². The van der Waals surface area contributed by atoms with Gasteiger partial charge >= 0.3 is 0 Å². The molecule has 3 aromatic rings. The van der Waals surface area contributed by atoms with Gasteiger partial charge in [0.2, 0.25) is 5.91 Å². The van der Waals surface area contributed by atoms with E-state index < -0.39 is 0 Å². The first-order chi connectivity index (χ1) is 12.5. The maximum absolute atomic E-state index is 12.6. The van der Waals surface area contributed by atoms with Gasteiger partial charge in [-0.2, -0.15) is 0 Å². The van der Waals surface area contributed by atoms with E-state index >= 15 is 0 Å². The second-order valence-corrected chi connectivity index (χ2v) is 7.31. The minimum absolute atomic E-state index is 0.00872. The number of amides is 1. The Balaban J connectivity index is 1.60. The van der Waals surface area contributed by atoms with Crippen LogP contribution in [0, 0.1) is 0 Å². The Bertz CT molecular complexity index is 1070. The van der Waals surface area contributed by atoms with Gasteiger partial charge < -0.3 is 9.88 Å². The Hall–Kier alpha value is -2.30. The summed E-state index contributed by atoms with van der Waals surface area (Å²) in [7, 11) is 0. The van der Waals surface area contributed by atoms with E-state index in [1.807, 2.05) is 12.3 Å². The van der Waals surface area contributed by atoms with Crippen molar-refractivity contribution in [3.05, 3.63) is 74.6 Å². The molecule has 6 heteroatoms. The van der Waals surface area contributed by atoms with Gasteiger partial charge in [0.1, 0.15) is 0 Å². The van der Waals surface area contributed by atoms with Gasteiger partial charge in [-0.1, -0.05) is 35.3 Å². The van der Waals surface area contributed by atoms with Crippen molar-refractivity contribution in [1.82, 2.24) is 4.57 Å². The fraction of sp³-hybridized carbons (Fsp3) is 0.200. The molecule has 4 rings (SSSR count). The predicted molar refractivity (Wildman–Crippen MR) is 105 cm³/mol. The first-order valence-electron chi connectivity index (χ1n) is 8.40. The van der Waals surface area contributed by atoms with Crippen molar-refractivity contribution in [2.45, 2.75) is 25.3 Å². The van der Waals surface area contributed by atoms with Crippen LogP contribution in [0.15, 0.2) is 53.5 Å². The largest absolute Gasteiger partial charge is 0.325 e. The summed E-state index contributed by atoms with van der Waals surface area (Å²) in [5.41, 5.74) is 1.39. The van der Waals surface area contributed by atoms with E-state index in [9.17, 15) is 9.59 Å². The van der Waals surface area contributed by atoms with Crippen molar-refractivity contribution in [1.29, 1.82) is 0 Å². The molecule has 0 radical (unpaired) electrons. The minimum Gasteiger partial charge on any atom is -0.325 e. The topological polar surface area (TPSA) is 51.1 Å². The molecule has 0 saturated heterocycles. The number of nitrogens with zero attached hydrogens (tertiary/aromatic N) is 1. The summed E-state index contributed by atoms with van der Waals surface area (Å²) in [6.45, 7) is 0. The molecule has 1 heterocycles. The Kier molecular flexibility index (Phi) is 4.47. The van der Waals surface area contributed by atoms with Crippen molar-refractivity contribution in [3.8, 4) is 0 Å². The second-order valence-electron chi connectivity index (χ2n) is 6.50. The molecule has 1 amide bonds. The predicted octanol–water partition coefficient (Wildman–Crippen LogP) is 4.82. The lowest BCUT2D eigenvalue weighted by Gasteiger charge is -2.11. The number of carbonyl (C=O) groups excluding carboxylic acids is 1. The van der Waals surface area contributed by atoms with Crippen molar-refractivity contribution in [2.75, 3.05) is 5.32 Å². The van der Waals surface area contributed by atoms with Gasteiger partial charge in [0.15, 0.2) is 0 Å². The van der Waals surface area contributed by atoms with E-state index in [0.717, 1.165) is 23.8 Å². The number of hydrogen-bond donors (Lipinski definition) is 1. The molecule has 2 aromatic carbocycles. The van der Waals surface area contributed by atoms with E-state index in [0.29, 0.717) is 27.2 Å². The Morgan fingerprint density at radius 2 is 1.88 bits per heavy atom. The summed E-state index contributed by atoms with van der Waals surface area (Å²) in [6, 6.07) is 12.7. The zero-order chi connectivity index (χ0) is 18.3. The molecule has 26 heavy (non-hydrogen) atoms. The Morgan fingerprint density at radius 3 is 2.62 bits per heavy atom. The number of rotatable bonds is 4. The van der Waals surface area contributed by atoms with Crippen LogP contribution in [0.2, 0.25) is 10.0 Å². The third-order valence-corrected chi connectivity index (χ3v) is 5.27. The minimum atomic E-state index is -0.178. The molecule has 0 bridgehead atoms. The highest BCUT2D eigenvalue weighted by Crippen LogP contribution is 2.34. The van der Waals surface area contributed by atoms with Crippen molar-refractivity contribution < 1.29 is 4.79 Å². The van der Waals surface area contributed by atoms with Crippen LogP contribution >= 0.6 is 23.2 Å². The van der Waals surface area contributed by atoms with Crippen LogP contribution in [0.5, 0.6) is 0 Å². The maximum Gasteiger partial charge on any atom is 0.258 e. The van der Waals surface area contributed by atoms with Crippen LogP contribution < -0.4 is 10.9 Å². The molecule has 1 aliphatic rings. The normalized spacial score (nSPS) is 13.8. The molecular weight excluding hydrogens is 371 g/mol. The average molecular weight is 387 g/mol. The zero-order valence-electron chi connectivity index (χ0n) is 13.8. The van der Waals surface area contributed by atoms with Crippen molar-refractivity contribution >= 4 is 45.6 Å². The molecule has 1 aliphatic carbocycles. The number of benzene rings is 2. The first kappa shape index (κ1) is 17.1. The number of fused-ring (bicyclic) bond motifs is 1. The molecule has 1 saturated carbocycles. The lowest BCUT2D eigenvalue weighted by atomic mass is 10.1. The van der Waals surface area contributed by atoms with Crippen LogP contribution in [0.3, 0.4) is 0 Å². The first-order valence-corrected chi connectivity index (χ1v) is 9.16. The van der Waals surface area contributed by atoms with Gasteiger partial charge in [-0.25, -0.2) is 0 Å². The van der Waals surface area contributed by atoms with Gasteiger partial charge in [-0.15, -0.1) is 0 Å². The lowest BCUT2D eigenvalue weighted by Crippen LogP contribution is -2.19. The molecular formula is C20H16Cl2N2O2. The summed E-state index contributed by atoms with van der Waals surface area (Å²) >= 11 is 11.9. The number of nitrogens with one attached hydrogen (secondary N) is 1. The van der Waals surface area contributed by atoms with Crippen LogP contribution in [-0.4, -0.2) is 10.5 Å². The van der Waals surface area contributed by atoms with Crippen LogP contribution in [0.4, 0.5) is 5.69 Å². The SMILES string of the molecule is O=C(Cc1ccc(Cl)c(Cl)c1)Nc1cccc2c(=O)n(C3CC3)ccc12. The highest BCUT2D eigenvalue weighted by atomic mass is 35.5. The fourth-order valence-corrected chi connectivity index (χ4v) is 3.39. The number of hydrogen-bond acceptors (Lipinski definition) is 2. The van der Waals surface area contributed by atoms with E-state index in [1.165, 1.54) is 0 Å². The van der Waals surface area contributed by atoms with Gasteiger partial charge in [0.05, 0.1) is 16.5 Å². The number of aromatic nitrogens is 1. The van der Waals surface area contributed by atoms with E-state index in [2.05, 4.69) is 5.32 Å². The monoisotopic (exact) mass is 386 g/mol. The fourth-order valence-electron chi connectivity index (χ4n) is 3.07. The summed E-state index contributed by atoms with van der Waals surface area (Å²) in [5, 5.41) is 5.13. The van der Waals surface area contributed by atoms with E-state index in [1.54, 1.807) is 41.0 Å². The summed E-state index contributed by atoms with van der Waals surface area (Å²) in [5.74, 6) is -0.178. The number of pyridine rings is 1. The Labute approximate surface area is 160 Å². The van der Waals surface area contributed by atoms with Crippen LogP contribution in [0.1, 0.15) is 24.4 Å². The van der Waals surface area contributed by atoms with E-state index in [-0.39, 0.29) is 17.9 Å². The molecule has 0 atom stereocenters. The lowest BCUT2D eigenvalue weighted by molar-refractivity contribution is -0.115. The highest BCUT2D eigenvalue weighted by Gasteiger charge is 2.25. The molecule has 1 aromatic heterocycles. The Morgan fingerprint density at radius 1 is 1.08 bits per heavy atom. The number of carbonyl (C=O) groups is 1. The average Bonchev–Trinajstić information content (AvgIpc) is 3.44. The summed E-state index contributed by atoms with van der Waals surface area (Å²) in [6.07, 6.45) is 4.08. The van der Waals surface area contributed by atoms with Crippen LogP contribution in [0.25, 0.3) is 10.8 Å². The molecule has 4 nitrogen and oxygen atoms in total. The number of halogens is 2. The summed E-state index contributed by atoms with van der Waals surface area (Å²) in [4.78, 5) is 25.1.